The van der Waals surface area contributed by atoms with Crippen LogP contribution in [0.1, 0.15) is 26.5 Å². The van der Waals surface area contributed by atoms with Crippen LogP contribution >= 0.6 is 11.6 Å². The Kier molecular flexibility index (Phi) is 5.36. The molecule has 0 aliphatic carbocycles. The van der Waals surface area contributed by atoms with Gasteiger partial charge in [-0.2, -0.15) is 5.10 Å². The van der Waals surface area contributed by atoms with E-state index in [1.165, 1.54) is 27.8 Å². The number of halogens is 4. The molecule has 5 nitrogen and oxygen atoms in total. The van der Waals surface area contributed by atoms with Crippen LogP contribution < -0.4 is 0 Å². The van der Waals surface area contributed by atoms with E-state index in [-0.39, 0.29) is 18.1 Å². The van der Waals surface area contributed by atoms with Gasteiger partial charge in [0.25, 0.3) is 0 Å². The first-order valence-corrected chi connectivity index (χ1v) is 9.11. The summed E-state index contributed by atoms with van der Waals surface area (Å²) in [5.74, 6) is -0.577. The zero-order chi connectivity index (χ0) is 20.7. The van der Waals surface area contributed by atoms with Crippen LogP contribution in [0.15, 0.2) is 24.3 Å². The molecule has 2 heterocycles. The molecule has 152 valence electrons. The smallest absolute Gasteiger partial charge is 0.410 e. The highest BCUT2D eigenvalue weighted by molar-refractivity contribution is 6.31. The van der Waals surface area contributed by atoms with Crippen molar-refractivity contribution in [1.29, 1.82) is 0 Å². The highest BCUT2D eigenvalue weighted by atomic mass is 35.5. The number of carbonyl (C=O) groups excluding carboxylic acids is 1. The molecule has 0 radical (unpaired) electrons. The van der Waals surface area contributed by atoms with Crippen LogP contribution in [-0.4, -0.2) is 46.3 Å². The number of hydrogen-bond donors (Lipinski definition) is 0. The van der Waals surface area contributed by atoms with E-state index in [4.69, 9.17) is 16.3 Å². The van der Waals surface area contributed by atoms with Crippen LogP contribution in [0, 0.1) is 5.82 Å². The summed E-state index contributed by atoms with van der Waals surface area (Å²) in [7, 11) is 0. The fraction of sp³-hybridized carbons (Fsp3) is 0.474. The summed E-state index contributed by atoms with van der Waals surface area (Å²) in [5, 5.41) is 4.25. The van der Waals surface area contributed by atoms with Gasteiger partial charge >= 0.3 is 6.09 Å². The minimum atomic E-state index is -1.65. The zero-order valence-corrected chi connectivity index (χ0v) is 16.6. The van der Waals surface area contributed by atoms with Gasteiger partial charge in [-0.05, 0) is 45.0 Å². The lowest BCUT2D eigenvalue weighted by molar-refractivity contribution is -0.00360. The normalized spacial score (nSPS) is 16.0. The van der Waals surface area contributed by atoms with Crippen molar-refractivity contribution in [1.82, 2.24) is 14.7 Å². The molecule has 3 rings (SSSR count). The van der Waals surface area contributed by atoms with Gasteiger partial charge in [0.2, 0.25) is 0 Å². The maximum Gasteiger partial charge on any atom is 0.410 e. The molecule has 1 aromatic heterocycles. The predicted octanol–water partition coefficient (Wildman–Crippen LogP) is 4.73. The number of amides is 1. The molecule has 1 aliphatic heterocycles. The van der Waals surface area contributed by atoms with Gasteiger partial charge in [-0.3, -0.25) is 9.58 Å². The quantitative estimate of drug-likeness (QED) is 0.728. The van der Waals surface area contributed by atoms with Crippen molar-refractivity contribution in [2.75, 3.05) is 19.9 Å². The average Bonchev–Trinajstić information content (AvgIpc) is 3.06. The molecule has 0 unspecified atom stereocenters. The molecule has 0 saturated heterocycles. The fourth-order valence-corrected chi connectivity index (χ4v) is 3.28. The molecule has 9 heteroatoms. The van der Waals surface area contributed by atoms with Gasteiger partial charge in [0.15, 0.2) is 0 Å². The summed E-state index contributed by atoms with van der Waals surface area (Å²) in [5.41, 5.74) is -1.05. The lowest BCUT2D eigenvalue weighted by atomic mass is 9.99. The number of carbonyl (C=O) groups is 1. The molecular weight excluding hydrogens is 395 g/mol. The summed E-state index contributed by atoms with van der Waals surface area (Å²) >= 11 is 5.83. The minimum absolute atomic E-state index is 0.0819. The molecule has 2 aromatic rings. The Morgan fingerprint density at radius 2 is 1.96 bits per heavy atom. The number of hydrogen-bond acceptors (Lipinski definition) is 3. The number of rotatable bonds is 3. The van der Waals surface area contributed by atoms with Crippen molar-refractivity contribution in [3.63, 3.8) is 0 Å². The summed E-state index contributed by atoms with van der Waals surface area (Å²) in [6, 6.07) is 5.68. The van der Waals surface area contributed by atoms with Gasteiger partial charge in [-0.15, -0.1) is 0 Å². The van der Waals surface area contributed by atoms with Crippen LogP contribution in [0.4, 0.5) is 18.0 Å². The number of ether oxygens (including phenoxy) is 1. The second-order valence-electron chi connectivity index (χ2n) is 7.89. The van der Waals surface area contributed by atoms with Crippen molar-refractivity contribution in [2.24, 2.45) is 0 Å². The first-order valence-electron chi connectivity index (χ1n) is 8.73. The Morgan fingerprint density at radius 3 is 2.54 bits per heavy atom. The first kappa shape index (κ1) is 20.5. The third-order valence-corrected chi connectivity index (χ3v) is 4.72. The van der Waals surface area contributed by atoms with Gasteiger partial charge in [0.1, 0.15) is 30.3 Å². The molecule has 0 spiro atoms. The molecule has 0 atom stereocenters. The minimum Gasteiger partial charge on any atom is -0.444 e. The van der Waals surface area contributed by atoms with E-state index in [2.05, 4.69) is 5.10 Å². The summed E-state index contributed by atoms with van der Waals surface area (Å²) in [6.07, 6.45) is -0.655. The summed E-state index contributed by atoms with van der Waals surface area (Å²) in [6.45, 7) is 2.90. The molecule has 1 aromatic carbocycles. The average molecular weight is 416 g/mol. The van der Waals surface area contributed by atoms with Crippen molar-refractivity contribution < 1.29 is 22.7 Å². The number of aromatic nitrogens is 2. The Morgan fingerprint density at radius 1 is 1.29 bits per heavy atom. The van der Waals surface area contributed by atoms with E-state index in [1.807, 2.05) is 0 Å². The van der Waals surface area contributed by atoms with Gasteiger partial charge in [-0.25, -0.2) is 18.0 Å². The van der Waals surface area contributed by atoms with E-state index in [1.54, 1.807) is 26.8 Å². The van der Waals surface area contributed by atoms with Gasteiger partial charge in [-0.1, -0.05) is 11.6 Å². The Hall–Kier alpha value is -2.22. The second kappa shape index (κ2) is 7.31. The topological polar surface area (TPSA) is 47.4 Å². The highest BCUT2D eigenvalue weighted by Gasteiger charge is 2.44. The predicted molar refractivity (Wildman–Crippen MR) is 99.2 cm³/mol. The zero-order valence-electron chi connectivity index (χ0n) is 15.8. The van der Waals surface area contributed by atoms with Crippen LogP contribution in [0.3, 0.4) is 0 Å². The lowest BCUT2D eigenvalue weighted by Gasteiger charge is -2.40. The van der Waals surface area contributed by atoms with E-state index in [9.17, 15) is 18.0 Å². The highest BCUT2D eigenvalue weighted by Crippen LogP contribution is 2.33. The summed E-state index contributed by atoms with van der Waals surface area (Å²) < 4.78 is 48.0. The molecule has 0 saturated carbocycles. The van der Waals surface area contributed by atoms with Gasteiger partial charge < -0.3 is 4.74 Å². The van der Waals surface area contributed by atoms with Crippen LogP contribution in [0.5, 0.6) is 0 Å². The summed E-state index contributed by atoms with van der Waals surface area (Å²) in [4.78, 5) is 13.7. The van der Waals surface area contributed by atoms with E-state index < -0.39 is 36.4 Å². The number of benzene rings is 1. The first-order chi connectivity index (χ1) is 13.1. The third-order valence-electron chi connectivity index (χ3n) is 4.44. The fourth-order valence-electron chi connectivity index (χ4n) is 3.10. The standard InChI is InChI=1S/C19H21ClF3N3O2/c1-18(2,3)28-17(27)25-8-13-7-16(12-4-5-15(23)14(20)6-12)24-26(13)19(9-21,10-22)11-25/h4-7H,8-11H2,1-3H3. The SMILES string of the molecule is CC(C)(C)OC(=O)N1Cc2cc(-c3ccc(F)c(Cl)c3)nn2C(CF)(CF)C1. The monoisotopic (exact) mass is 415 g/mol. The van der Waals surface area contributed by atoms with Crippen LogP contribution in [-0.2, 0) is 16.8 Å². The Bertz CT molecular complexity index is 891. The van der Waals surface area contributed by atoms with E-state index >= 15 is 0 Å². The van der Waals surface area contributed by atoms with Crippen molar-refractivity contribution in [2.45, 2.75) is 38.5 Å². The number of alkyl halides is 2. The molecule has 0 bridgehead atoms. The van der Waals surface area contributed by atoms with E-state index in [0.29, 0.717) is 17.0 Å². The second-order valence-corrected chi connectivity index (χ2v) is 8.30. The van der Waals surface area contributed by atoms with Crippen LogP contribution in [0.25, 0.3) is 11.3 Å². The number of nitrogens with zero attached hydrogens (tertiary/aromatic N) is 3. The molecule has 0 fully saturated rings. The van der Waals surface area contributed by atoms with E-state index in [0.717, 1.165) is 0 Å². The number of fused-ring (bicyclic) bond motifs is 1. The van der Waals surface area contributed by atoms with Crippen molar-refractivity contribution in [3.8, 4) is 11.3 Å². The maximum absolute atomic E-state index is 14.0. The largest absolute Gasteiger partial charge is 0.444 e. The van der Waals surface area contributed by atoms with Crippen molar-refractivity contribution in [3.05, 3.63) is 40.8 Å². The van der Waals surface area contributed by atoms with Crippen LogP contribution in [0.2, 0.25) is 5.02 Å². The molecular formula is C19H21ClF3N3O2. The lowest BCUT2D eigenvalue weighted by Crippen LogP contribution is -2.55. The Labute approximate surface area is 166 Å². The Balaban J connectivity index is 2.00. The molecule has 28 heavy (non-hydrogen) atoms. The molecule has 1 aliphatic rings. The molecule has 1 amide bonds. The van der Waals surface area contributed by atoms with Gasteiger partial charge in [0.05, 0.1) is 29.5 Å². The molecule has 0 N–H and O–H groups in total. The maximum atomic E-state index is 14.0. The third kappa shape index (κ3) is 3.83. The van der Waals surface area contributed by atoms with Gasteiger partial charge in [0, 0.05) is 5.56 Å². The van der Waals surface area contributed by atoms with Crippen molar-refractivity contribution >= 4 is 17.7 Å².